The van der Waals surface area contributed by atoms with Crippen molar-refractivity contribution in [1.82, 2.24) is 19.9 Å². The third kappa shape index (κ3) is 4.07. The number of benzene rings is 1. The number of pyridine rings is 1. The van der Waals surface area contributed by atoms with Gasteiger partial charge in [-0.05, 0) is 23.6 Å². The van der Waals surface area contributed by atoms with Crippen LogP contribution in [-0.2, 0) is 17.7 Å². The second-order valence-electron chi connectivity index (χ2n) is 7.95. The van der Waals surface area contributed by atoms with Crippen molar-refractivity contribution in [1.29, 1.82) is 0 Å². The molecule has 1 saturated heterocycles. The maximum absolute atomic E-state index is 10.6. The van der Waals surface area contributed by atoms with Crippen LogP contribution in [0.15, 0.2) is 42.9 Å². The van der Waals surface area contributed by atoms with Gasteiger partial charge in [0.05, 0.1) is 25.4 Å². The van der Waals surface area contributed by atoms with Gasteiger partial charge in [-0.25, -0.2) is 15.0 Å². The Morgan fingerprint density at radius 2 is 1.97 bits per heavy atom. The first-order valence-electron chi connectivity index (χ1n) is 10.4. The van der Waals surface area contributed by atoms with Gasteiger partial charge >= 0.3 is 0 Å². The number of nitrogens with zero attached hydrogens (tertiary/aromatic N) is 4. The topological polar surface area (TPSA) is 95.4 Å². The fourth-order valence-corrected chi connectivity index (χ4v) is 4.04. The van der Waals surface area contributed by atoms with E-state index in [4.69, 9.17) is 4.74 Å². The fourth-order valence-electron chi connectivity index (χ4n) is 4.04. The number of nitrogens with one attached hydrogen (secondary N) is 2. The molecule has 0 saturated carbocycles. The molecule has 156 valence electrons. The zero-order valence-electron chi connectivity index (χ0n) is 16.8. The van der Waals surface area contributed by atoms with Gasteiger partial charge in [0.2, 0.25) is 0 Å². The molecular weight excluding hydrogens is 380 g/mol. The first-order chi connectivity index (χ1) is 14.8. The van der Waals surface area contributed by atoms with E-state index in [0.717, 1.165) is 36.2 Å². The largest absolute Gasteiger partial charge is 0.390 e. The van der Waals surface area contributed by atoms with Crippen LogP contribution in [0.2, 0.25) is 0 Å². The van der Waals surface area contributed by atoms with Crippen molar-refractivity contribution < 1.29 is 9.84 Å². The van der Waals surface area contributed by atoms with Gasteiger partial charge in [-0.1, -0.05) is 24.3 Å². The first kappa shape index (κ1) is 19.2. The van der Waals surface area contributed by atoms with E-state index in [1.807, 2.05) is 6.07 Å². The number of anilines is 2. The van der Waals surface area contributed by atoms with Crippen LogP contribution < -0.4 is 10.6 Å². The molecule has 2 aliphatic heterocycles. The molecule has 0 radical (unpaired) electrons. The maximum atomic E-state index is 10.6. The summed E-state index contributed by atoms with van der Waals surface area (Å²) in [7, 11) is 0. The van der Waals surface area contributed by atoms with Gasteiger partial charge in [0.15, 0.2) is 5.82 Å². The Balaban J connectivity index is 1.22. The highest BCUT2D eigenvalue weighted by molar-refractivity contribution is 5.95. The number of hydrogen-bond acceptors (Lipinski definition) is 8. The van der Waals surface area contributed by atoms with E-state index in [1.165, 1.54) is 17.5 Å². The van der Waals surface area contributed by atoms with Crippen LogP contribution in [0.1, 0.15) is 11.1 Å². The third-order valence-electron chi connectivity index (χ3n) is 5.72. The summed E-state index contributed by atoms with van der Waals surface area (Å²) in [6.45, 7) is 4.26. The van der Waals surface area contributed by atoms with Crippen LogP contribution in [-0.4, -0.2) is 70.0 Å². The minimum atomic E-state index is -0.494. The Bertz CT molecular complexity index is 1030. The maximum Gasteiger partial charge on any atom is 0.153 e. The Morgan fingerprint density at radius 3 is 2.80 bits per heavy atom. The number of aliphatic hydroxyl groups excluding tert-OH is 1. The minimum absolute atomic E-state index is 0.269. The van der Waals surface area contributed by atoms with Crippen molar-refractivity contribution in [3.8, 4) is 0 Å². The molecule has 0 spiro atoms. The lowest BCUT2D eigenvalue weighted by atomic mass is 10.00. The van der Waals surface area contributed by atoms with Crippen molar-refractivity contribution in [2.75, 3.05) is 43.5 Å². The molecule has 2 aromatic heterocycles. The normalized spacial score (nSPS) is 17.9. The molecule has 3 N–H and O–H groups in total. The van der Waals surface area contributed by atoms with Gasteiger partial charge in [-0.2, -0.15) is 0 Å². The lowest BCUT2D eigenvalue weighted by molar-refractivity contribution is 0.0210. The van der Waals surface area contributed by atoms with Crippen LogP contribution in [0.5, 0.6) is 0 Å². The molecule has 8 nitrogen and oxygen atoms in total. The van der Waals surface area contributed by atoms with E-state index in [9.17, 15) is 5.11 Å². The highest BCUT2D eigenvalue weighted by Gasteiger charge is 2.21. The summed E-state index contributed by atoms with van der Waals surface area (Å²) in [5.74, 6) is 1.44. The molecule has 1 atom stereocenters. The quantitative estimate of drug-likeness (QED) is 0.545. The van der Waals surface area contributed by atoms with Crippen LogP contribution in [0.3, 0.4) is 0 Å². The summed E-state index contributed by atoms with van der Waals surface area (Å²) >= 11 is 0. The average Bonchev–Trinajstić information content (AvgIpc) is 2.74. The number of hydrogen-bond donors (Lipinski definition) is 3. The lowest BCUT2D eigenvalue weighted by Gasteiger charge is -2.30. The monoisotopic (exact) mass is 406 g/mol. The smallest absolute Gasteiger partial charge is 0.153 e. The summed E-state index contributed by atoms with van der Waals surface area (Å²) < 4.78 is 5.22. The van der Waals surface area contributed by atoms with Gasteiger partial charge < -0.3 is 20.5 Å². The van der Waals surface area contributed by atoms with Crippen LogP contribution in [0.4, 0.5) is 11.6 Å². The highest BCUT2D eigenvalue weighted by atomic mass is 16.5. The zero-order valence-corrected chi connectivity index (χ0v) is 16.8. The average molecular weight is 406 g/mol. The molecule has 2 aliphatic rings. The Morgan fingerprint density at radius 1 is 1.10 bits per heavy atom. The van der Waals surface area contributed by atoms with Gasteiger partial charge in [-0.15, -0.1) is 0 Å². The summed E-state index contributed by atoms with van der Waals surface area (Å²) in [6, 6.07) is 10.7. The van der Waals surface area contributed by atoms with Crippen molar-refractivity contribution in [2.45, 2.75) is 25.1 Å². The third-order valence-corrected chi connectivity index (χ3v) is 5.72. The molecule has 0 unspecified atom stereocenters. The fraction of sp³-hybridized carbons (Fsp3) is 0.409. The van der Waals surface area contributed by atoms with Gasteiger partial charge in [0.25, 0.3) is 0 Å². The summed E-state index contributed by atoms with van der Waals surface area (Å²) in [6.07, 6.45) is 3.82. The van der Waals surface area contributed by atoms with E-state index >= 15 is 0 Å². The zero-order chi connectivity index (χ0) is 20.3. The molecule has 0 bridgehead atoms. The van der Waals surface area contributed by atoms with E-state index in [1.54, 1.807) is 6.20 Å². The van der Waals surface area contributed by atoms with Crippen molar-refractivity contribution in [3.05, 3.63) is 54.0 Å². The number of aliphatic hydroxyl groups is 1. The summed E-state index contributed by atoms with van der Waals surface area (Å²) in [4.78, 5) is 15.5. The molecule has 0 aliphatic carbocycles. The number of ether oxygens (including phenoxy) is 1. The van der Waals surface area contributed by atoms with E-state index in [0.29, 0.717) is 32.1 Å². The van der Waals surface area contributed by atoms with Crippen LogP contribution in [0.25, 0.3) is 10.9 Å². The first-order valence-corrected chi connectivity index (χ1v) is 10.4. The molecule has 3 aromatic rings. The molecule has 8 heteroatoms. The molecule has 1 fully saturated rings. The molecule has 1 aromatic carbocycles. The van der Waals surface area contributed by atoms with Crippen molar-refractivity contribution in [2.24, 2.45) is 0 Å². The van der Waals surface area contributed by atoms with E-state index in [-0.39, 0.29) is 6.04 Å². The Labute approximate surface area is 175 Å². The van der Waals surface area contributed by atoms with Crippen molar-refractivity contribution in [3.63, 3.8) is 0 Å². The minimum Gasteiger partial charge on any atom is -0.390 e. The van der Waals surface area contributed by atoms with E-state index in [2.05, 4.69) is 54.8 Å². The molecular formula is C22H26N6O2. The second-order valence-corrected chi connectivity index (χ2v) is 7.95. The van der Waals surface area contributed by atoms with Crippen molar-refractivity contribution >= 4 is 22.5 Å². The number of rotatable bonds is 7. The van der Waals surface area contributed by atoms with Gasteiger partial charge in [0.1, 0.15) is 17.7 Å². The van der Waals surface area contributed by atoms with E-state index < -0.39 is 6.10 Å². The molecule has 4 heterocycles. The second kappa shape index (κ2) is 8.51. The van der Waals surface area contributed by atoms with Gasteiger partial charge in [0, 0.05) is 37.8 Å². The predicted octanol–water partition coefficient (Wildman–Crippen LogP) is 1.67. The van der Waals surface area contributed by atoms with Crippen LogP contribution >= 0.6 is 0 Å². The lowest BCUT2D eigenvalue weighted by Crippen LogP contribution is -2.40. The predicted molar refractivity (Wildman–Crippen MR) is 115 cm³/mol. The highest BCUT2D eigenvalue weighted by Crippen LogP contribution is 2.25. The SMILES string of the molecule is O[C@H](CNc1ncnc2c(NC3COC3)nccc12)CN1CCc2ccccc2C1. The van der Waals surface area contributed by atoms with Crippen LogP contribution in [0, 0.1) is 0 Å². The van der Waals surface area contributed by atoms with Gasteiger partial charge in [-0.3, -0.25) is 4.90 Å². The molecule has 5 rings (SSSR count). The number of β-amino-alcohol motifs (C(OH)–C–C–N with tert-alkyl or cyclic N) is 1. The summed E-state index contributed by atoms with van der Waals surface area (Å²) in [5.41, 5.74) is 3.54. The Kier molecular flexibility index (Phi) is 5.44. The summed E-state index contributed by atoms with van der Waals surface area (Å²) in [5, 5.41) is 18.2. The Hall–Kier alpha value is -2.81. The number of aromatic nitrogens is 3. The molecule has 30 heavy (non-hydrogen) atoms. The number of fused-ring (bicyclic) bond motifs is 2. The standard InChI is InChI=1S/C22H26N6O2/c29-18(11-28-8-6-15-3-1-2-4-16(15)10-28)9-24-21-19-5-7-23-22(20(19)25-14-26-21)27-17-12-30-13-17/h1-5,7,14,17-18,29H,6,8-13H2,(H,23,27)(H,24,25,26)/t18-/m1/s1. The molecule has 0 amide bonds.